The molecule has 0 spiro atoms. The quantitative estimate of drug-likeness (QED) is 0.544. The van der Waals surface area contributed by atoms with Crippen molar-refractivity contribution in [3.63, 3.8) is 0 Å². The van der Waals surface area contributed by atoms with Crippen molar-refractivity contribution in [1.29, 1.82) is 0 Å². The molecule has 0 bridgehead atoms. The molecule has 7 nitrogen and oxygen atoms in total. The maximum Gasteiger partial charge on any atom is 0.422 e. The van der Waals surface area contributed by atoms with Crippen LogP contribution < -0.4 is 19.5 Å². The Hall–Kier alpha value is -3.43. The molecule has 0 saturated heterocycles. The molecule has 0 aromatic heterocycles. The summed E-state index contributed by atoms with van der Waals surface area (Å²) in [7, 11) is 2.59. The van der Waals surface area contributed by atoms with Gasteiger partial charge in [0, 0.05) is 12.1 Å². The van der Waals surface area contributed by atoms with E-state index in [1.54, 1.807) is 31.2 Å². The summed E-state index contributed by atoms with van der Waals surface area (Å²) < 4.78 is 56.7. The second-order valence-electron chi connectivity index (χ2n) is 6.78. The van der Waals surface area contributed by atoms with E-state index in [0.29, 0.717) is 23.4 Å². The van der Waals surface area contributed by atoms with E-state index in [0.717, 1.165) is 5.56 Å². The van der Waals surface area contributed by atoms with Crippen LogP contribution in [0.5, 0.6) is 17.2 Å². The summed E-state index contributed by atoms with van der Waals surface area (Å²) in [5.41, 5.74) is 2.04. The fraction of sp³-hybridized carbons (Fsp3) is 0.364. The highest BCUT2D eigenvalue weighted by molar-refractivity contribution is 5.91. The number of halogens is 3. The van der Waals surface area contributed by atoms with Gasteiger partial charge in [0.2, 0.25) is 5.91 Å². The number of hydrogen-bond acceptors (Lipinski definition) is 6. The molecule has 0 atom stereocenters. The molecule has 2 aromatic carbocycles. The lowest BCUT2D eigenvalue weighted by molar-refractivity contribution is -0.153. The van der Waals surface area contributed by atoms with Crippen LogP contribution in [0.2, 0.25) is 0 Å². The third-order valence-corrected chi connectivity index (χ3v) is 4.32. The lowest BCUT2D eigenvalue weighted by atomic mass is 10.1. The van der Waals surface area contributed by atoms with Crippen molar-refractivity contribution in [2.75, 3.05) is 32.8 Å². The van der Waals surface area contributed by atoms with Crippen LogP contribution in [0.15, 0.2) is 36.4 Å². The lowest BCUT2D eigenvalue weighted by Gasteiger charge is -2.14. The molecule has 0 aliphatic rings. The average Bonchev–Trinajstić information content (AvgIpc) is 2.75. The van der Waals surface area contributed by atoms with Gasteiger partial charge in [0.15, 0.2) is 24.7 Å². The molecule has 0 heterocycles. The minimum absolute atomic E-state index is 0.0249. The summed E-state index contributed by atoms with van der Waals surface area (Å²) in [5, 5.41) is 2.79. The predicted molar refractivity (Wildman–Crippen MR) is 110 cm³/mol. The molecule has 0 saturated carbocycles. The Morgan fingerprint density at radius 1 is 1.00 bits per heavy atom. The second kappa shape index (κ2) is 11.3. The van der Waals surface area contributed by atoms with Crippen LogP contribution in [0.4, 0.5) is 18.9 Å². The van der Waals surface area contributed by atoms with E-state index in [1.807, 2.05) is 0 Å². The highest BCUT2D eigenvalue weighted by Gasteiger charge is 2.29. The minimum Gasteiger partial charge on any atom is -0.493 e. The first kappa shape index (κ1) is 24.8. The number of methoxy groups -OCH3 is 2. The number of nitrogens with one attached hydrogen (secondary N) is 1. The van der Waals surface area contributed by atoms with Gasteiger partial charge in [0.1, 0.15) is 5.75 Å². The van der Waals surface area contributed by atoms with Gasteiger partial charge in [-0.2, -0.15) is 13.2 Å². The van der Waals surface area contributed by atoms with Crippen LogP contribution in [-0.4, -0.2) is 45.5 Å². The van der Waals surface area contributed by atoms with Gasteiger partial charge >= 0.3 is 12.1 Å². The third-order valence-electron chi connectivity index (χ3n) is 4.32. The third kappa shape index (κ3) is 8.01. The fourth-order valence-electron chi connectivity index (χ4n) is 2.68. The van der Waals surface area contributed by atoms with Crippen molar-refractivity contribution in [1.82, 2.24) is 0 Å². The van der Waals surface area contributed by atoms with Crippen LogP contribution >= 0.6 is 0 Å². The van der Waals surface area contributed by atoms with Gasteiger partial charge in [0.25, 0.3) is 0 Å². The number of aryl methyl sites for hydroxylation is 2. The van der Waals surface area contributed by atoms with Crippen molar-refractivity contribution in [2.45, 2.75) is 25.9 Å². The minimum atomic E-state index is -4.45. The standard InChI is InChI=1S/C22H24F3NO6/c1-14-10-16(31-12-21(28)30-3)6-7-17(14)26-20(27)9-5-15-4-8-18(19(11-15)29-2)32-13-22(23,24)25/h4,6-8,10-11H,5,9,12-13H2,1-3H3,(H,26,27). The highest BCUT2D eigenvalue weighted by Crippen LogP contribution is 2.30. The Kier molecular flexibility index (Phi) is 8.74. The Morgan fingerprint density at radius 3 is 2.38 bits per heavy atom. The van der Waals surface area contributed by atoms with Crippen LogP contribution in [0, 0.1) is 6.92 Å². The van der Waals surface area contributed by atoms with Crippen molar-refractivity contribution in [3.8, 4) is 17.2 Å². The maximum atomic E-state index is 12.3. The smallest absolute Gasteiger partial charge is 0.422 e. The molecule has 32 heavy (non-hydrogen) atoms. The van der Waals surface area contributed by atoms with Gasteiger partial charge in [-0.05, 0) is 54.8 Å². The van der Waals surface area contributed by atoms with E-state index < -0.39 is 18.8 Å². The molecule has 174 valence electrons. The highest BCUT2D eigenvalue weighted by atomic mass is 19.4. The maximum absolute atomic E-state index is 12.3. The summed E-state index contributed by atoms with van der Waals surface area (Å²) in [5.74, 6) is -0.149. The Bertz CT molecular complexity index is 946. The van der Waals surface area contributed by atoms with E-state index in [2.05, 4.69) is 10.1 Å². The van der Waals surface area contributed by atoms with Gasteiger partial charge in [-0.25, -0.2) is 4.79 Å². The van der Waals surface area contributed by atoms with Gasteiger partial charge in [-0.3, -0.25) is 4.79 Å². The molecule has 1 amide bonds. The Morgan fingerprint density at radius 2 is 1.75 bits per heavy atom. The summed E-state index contributed by atoms with van der Waals surface area (Å²) >= 11 is 0. The number of anilines is 1. The summed E-state index contributed by atoms with van der Waals surface area (Å²) in [6.07, 6.45) is -3.96. The van der Waals surface area contributed by atoms with E-state index in [1.165, 1.54) is 26.4 Å². The molecule has 0 aliphatic carbocycles. The zero-order valence-electron chi connectivity index (χ0n) is 17.9. The molecule has 1 N–H and O–H groups in total. The number of ether oxygens (including phenoxy) is 4. The summed E-state index contributed by atoms with van der Waals surface area (Å²) in [6.45, 7) is 0.146. The van der Waals surface area contributed by atoms with Gasteiger partial charge in [-0.1, -0.05) is 6.07 Å². The normalized spacial score (nSPS) is 10.9. The van der Waals surface area contributed by atoms with Crippen molar-refractivity contribution >= 4 is 17.6 Å². The van der Waals surface area contributed by atoms with Gasteiger partial charge in [-0.15, -0.1) is 0 Å². The van der Waals surface area contributed by atoms with E-state index in [4.69, 9.17) is 14.2 Å². The Balaban J connectivity index is 1.91. The summed E-state index contributed by atoms with van der Waals surface area (Å²) in [4.78, 5) is 23.5. The monoisotopic (exact) mass is 455 g/mol. The molecule has 0 fully saturated rings. The summed E-state index contributed by atoms with van der Waals surface area (Å²) in [6, 6.07) is 9.47. The zero-order valence-corrected chi connectivity index (χ0v) is 17.9. The fourth-order valence-corrected chi connectivity index (χ4v) is 2.68. The lowest BCUT2D eigenvalue weighted by Crippen LogP contribution is -2.19. The number of alkyl halides is 3. The molecule has 10 heteroatoms. The van der Waals surface area contributed by atoms with Crippen molar-refractivity contribution in [2.24, 2.45) is 0 Å². The molecule has 0 unspecified atom stereocenters. The molecule has 0 radical (unpaired) electrons. The van der Waals surface area contributed by atoms with E-state index in [-0.39, 0.29) is 30.4 Å². The van der Waals surface area contributed by atoms with Crippen LogP contribution in [-0.2, 0) is 20.7 Å². The molecular formula is C22H24F3NO6. The van der Waals surface area contributed by atoms with Crippen molar-refractivity contribution < 1.29 is 41.7 Å². The molecule has 2 rings (SSSR count). The number of carbonyl (C=O) groups excluding carboxylic acids is 2. The number of esters is 1. The van der Waals surface area contributed by atoms with Crippen LogP contribution in [0.25, 0.3) is 0 Å². The number of amides is 1. The topological polar surface area (TPSA) is 83.1 Å². The molecule has 2 aromatic rings. The first-order valence-corrected chi connectivity index (χ1v) is 9.58. The Labute approximate surface area is 183 Å². The van der Waals surface area contributed by atoms with Crippen molar-refractivity contribution in [3.05, 3.63) is 47.5 Å². The van der Waals surface area contributed by atoms with Gasteiger partial charge in [0.05, 0.1) is 14.2 Å². The van der Waals surface area contributed by atoms with Crippen LogP contribution in [0.1, 0.15) is 17.5 Å². The zero-order chi connectivity index (χ0) is 23.7. The number of benzene rings is 2. The SMILES string of the molecule is COC(=O)COc1ccc(NC(=O)CCc2ccc(OCC(F)(F)F)c(OC)c2)c(C)c1. The number of carbonyl (C=O) groups is 2. The van der Waals surface area contributed by atoms with Gasteiger partial charge < -0.3 is 24.3 Å². The molecule has 0 aliphatic heterocycles. The predicted octanol–water partition coefficient (Wildman–Crippen LogP) is 4.07. The number of rotatable bonds is 10. The van der Waals surface area contributed by atoms with E-state index in [9.17, 15) is 22.8 Å². The first-order valence-electron chi connectivity index (χ1n) is 9.58. The first-order chi connectivity index (χ1) is 15.1. The average molecular weight is 455 g/mol. The molecular weight excluding hydrogens is 431 g/mol. The number of hydrogen-bond donors (Lipinski definition) is 1. The largest absolute Gasteiger partial charge is 0.493 e. The van der Waals surface area contributed by atoms with E-state index >= 15 is 0 Å². The second-order valence-corrected chi connectivity index (χ2v) is 6.78. The van der Waals surface area contributed by atoms with Crippen LogP contribution in [0.3, 0.4) is 0 Å².